The molecule has 2 heterocycles. The van der Waals surface area contributed by atoms with Crippen LogP contribution in [-0.2, 0) is 17.9 Å². The fraction of sp³-hybridized carbons (Fsp3) is 0.500. The van der Waals surface area contributed by atoms with Gasteiger partial charge in [-0.1, -0.05) is 26.0 Å². The molecule has 0 unspecified atom stereocenters. The third kappa shape index (κ3) is 5.35. The van der Waals surface area contributed by atoms with Crippen molar-refractivity contribution >= 4 is 17.7 Å². The topological polar surface area (TPSA) is 106 Å². The van der Waals surface area contributed by atoms with Crippen LogP contribution >= 0.6 is 0 Å². The maximum absolute atomic E-state index is 13.0. The third-order valence-corrected chi connectivity index (χ3v) is 5.92. The van der Waals surface area contributed by atoms with Crippen LogP contribution in [0.15, 0.2) is 30.3 Å². The molecule has 9 heteroatoms. The Bertz CT molecular complexity index is 1010. The van der Waals surface area contributed by atoms with E-state index in [0.29, 0.717) is 25.6 Å². The Balaban J connectivity index is 1.68. The number of benzene rings is 1. The monoisotopic (exact) mass is 455 g/mol. The summed E-state index contributed by atoms with van der Waals surface area (Å²) >= 11 is 0. The van der Waals surface area contributed by atoms with Crippen molar-refractivity contribution in [3.63, 3.8) is 0 Å². The number of fused-ring (bicyclic) bond motifs is 1. The minimum Gasteiger partial charge on any atom is -0.494 e. The van der Waals surface area contributed by atoms with Gasteiger partial charge in [-0.2, -0.15) is 5.10 Å². The standard InChI is InChI=1S/C24H33N5O4/c1-6-33-18-9-7-17(8-10-18)14-26-21(30)19-13-20-22(31)28(5)24(4,15-29(20)27-19)23(32)25-12-11-16(2)3/h7-10,13,16H,6,11-12,14-15H2,1-5H3,(H,25,32)(H,26,30)/t24-/m1/s1. The lowest BCUT2D eigenvalue weighted by Crippen LogP contribution is -2.62. The normalized spacial score (nSPS) is 17.6. The Morgan fingerprint density at radius 1 is 1.21 bits per heavy atom. The first-order chi connectivity index (χ1) is 15.7. The van der Waals surface area contributed by atoms with Crippen molar-refractivity contribution in [3.8, 4) is 5.75 Å². The summed E-state index contributed by atoms with van der Waals surface area (Å²) in [6, 6.07) is 8.93. The maximum atomic E-state index is 13.0. The summed E-state index contributed by atoms with van der Waals surface area (Å²) in [6.45, 7) is 9.43. The van der Waals surface area contributed by atoms with Gasteiger partial charge in [0, 0.05) is 26.2 Å². The molecule has 3 amide bonds. The number of hydrogen-bond acceptors (Lipinski definition) is 5. The maximum Gasteiger partial charge on any atom is 0.272 e. The smallest absolute Gasteiger partial charge is 0.272 e. The van der Waals surface area contributed by atoms with E-state index in [1.165, 1.54) is 15.6 Å². The van der Waals surface area contributed by atoms with Gasteiger partial charge in [-0.3, -0.25) is 19.1 Å². The van der Waals surface area contributed by atoms with Crippen LogP contribution in [0, 0.1) is 5.92 Å². The second-order valence-corrected chi connectivity index (χ2v) is 8.91. The van der Waals surface area contributed by atoms with Crippen molar-refractivity contribution in [3.05, 3.63) is 47.3 Å². The fourth-order valence-corrected chi connectivity index (χ4v) is 3.65. The van der Waals surface area contributed by atoms with E-state index in [2.05, 4.69) is 29.6 Å². The molecule has 0 fully saturated rings. The summed E-state index contributed by atoms with van der Waals surface area (Å²) in [6.07, 6.45) is 0.852. The highest BCUT2D eigenvalue weighted by atomic mass is 16.5. The zero-order valence-corrected chi connectivity index (χ0v) is 20.0. The molecule has 3 rings (SSSR count). The van der Waals surface area contributed by atoms with Gasteiger partial charge in [-0.25, -0.2) is 0 Å². The molecule has 1 aliphatic rings. The van der Waals surface area contributed by atoms with Gasteiger partial charge in [0.2, 0.25) is 5.91 Å². The van der Waals surface area contributed by atoms with Crippen molar-refractivity contribution in [2.75, 3.05) is 20.2 Å². The van der Waals surface area contributed by atoms with Crippen LogP contribution in [0.1, 0.15) is 60.7 Å². The quantitative estimate of drug-likeness (QED) is 0.603. The molecule has 1 aromatic carbocycles. The van der Waals surface area contributed by atoms with Gasteiger partial charge in [0.1, 0.15) is 17.0 Å². The molecule has 0 saturated heterocycles. The molecule has 9 nitrogen and oxygen atoms in total. The van der Waals surface area contributed by atoms with E-state index in [4.69, 9.17) is 4.74 Å². The first kappa shape index (κ1) is 24.3. The van der Waals surface area contributed by atoms with Crippen molar-refractivity contribution < 1.29 is 19.1 Å². The van der Waals surface area contributed by atoms with Crippen LogP contribution in [0.2, 0.25) is 0 Å². The predicted molar refractivity (Wildman–Crippen MR) is 124 cm³/mol. The van der Waals surface area contributed by atoms with Crippen LogP contribution in [-0.4, -0.2) is 58.1 Å². The summed E-state index contributed by atoms with van der Waals surface area (Å²) in [5, 5.41) is 10.1. The number of carbonyl (C=O) groups excluding carboxylic acids is 3. The number of likely N-dealkylation sites (N-methyl/N-ethyl adjacent to an activating group) is 1. The Morgan fingerprint density at radius 2 is 1.91 bits per heavy atom. The van der Waals surface area contributed by atoms with Gasteiger partial charge in [0.25, 0.3) is 11.8 Å². The second kappa shape index (κ2) is 10.1. The SMILES string of the molecule is CCOc1ccc(CNC(=O)c2cc3n(n2)C[C@](C)(C(=O)NCCC(C)C)N(C)C3=O)cc1. The summed E-state index contributed by atoms with van der Waals surface area (Å²) in [5.74, 6) is 0.269. The summed E-state index contributed by atoms with van der Waals surface area (Å²) < 4.78 is 6.88. The van der Waals surface area contributed by atoms with Crippen LogP contribution in [0.4, 0.5) is 0 Å². The molecular weight excluding hydrogens is 422 g/mol. The van der Waals surface area contributed by atoms with Crippen molar-refractivity contribution in [2.45, 2.75) is 52.7 Å². The molecule has 0 spiro atoms. The zero-order chi connectivity index (χ0) is 24.2. The van der Waals surface area contributed by atoms with Gasteiger partial charge in [-0.15, -0.1) is 0 Å². The number of carbonyl (C=O) groups is 3. The predicted octanol–water partition coefficient (Wildman–Crippen LogP) is 2.22. The van der Waals surface area contributed by atoms with Gasteiger partial charge in [0.15, 0.2) is 5.69 Å². The molecular formula is C24H33N5O4. The van der Waals surface area contributed by atoms with Crippen LogP contribution in [0.25, 0.3) is 0 Å². The Hall–Kier alpha value is -3.36. The van der Waals surface area contributed by atoms with Gasteiger partial charge < -0.3 is 20.3 Å². The van der Waals surface area contributed by atoms with E-state index in [9.17, 15) is 14.4 Å². The molecule has 1 aromatic heterocycles. The van der Waals surface area contributed by atoms with E-state index >= 15 is 0 Å². The first-order valence-electron chi connectivity index (χ1n) is 11.3. The van der Waals surface area contributed by atoms with E-state index < -0.39 is 5.54 Å². The largest absolute Gasteiger partial charge is 0.494 e. The molecule has 2 aromatic rings. The molecule has 1 atom stereocenters. The number of hydrogen-bond donors (Lipinski definition) is 2. The number of nitrogens with zero attached hydrogens (tertiary/aromatic N) is 3. The lowest BCUT2D eigenvalue weighted by molar-refractivity contribution is -0.132. The molecule has 178 valence electrons. The summed E-state index contributed by atoms with van der Waals surface area (Å²) in [4.78, 5) is 40.0. The Morgan fingerprint density at radius 3 is 2.55 bits per heavy atom. The minimum absolute atomic E-state index is 0.141. The number of aromatic nitrogens is 2. The van der Waals surface area contributed by atoms with E-state index in [0.717, 1.165) is 17.7 Å². The highest BCUT2D eigenvalue weighted by Gasteiger charge is 2.46. The molecule has 0 aliphatic carbocycles. The van der Waals surface area contributed by atoms with E-state index in [1.54, 1.807) is 14.0 Å². The average molecular weight is 456 g/mol. The molecule has 0 bridgehead atoms. The fourth-order valence-electron chi connectivity index (χ4n) is 3.65. The summed E-state index contributed by atoms with van der Waals surface area (Å²) in [5.41, 5.74) is 0.249. The van der Waals surface area contributed by atoms with Gasteiger partial charge >= 0.3 is 0 Å². The minimum atomic E-state index is -1.09. The lowest BCUT2D eigenvalue weighted by Gasteiger charge is -2.40. The Labute approximate surface area is 194 Å². The van der Waals surface area contributed by atoms with Crippen LogP contribution < -0.4 is 15.4 Å². The molecule has 33 heavy (non-hydrogen) atoms. The third-order valence-electron chi connectivity index (χ3n) is 5.92. The van der Waals surface area contributed by atoms with Gasteiger partial charge in [-0.05, 0) is 43.9 Å². The Kier molecular flexibility index (Phi) is 7.40. The average Bonchev–Trinajstić information content (AvgIpc) is 3.20. The number of rotatable bonds is 9. The highest BCUT2D eigenvalue weighted by molar-refractivity contribution is 6.01. The number of amides is 3. The molecule has 0 saturated carbocycles. The van der Waals surface area contributed by atoms with Crippen LogP contribution in [0.5, 0.6) is 5.75 Å². The second-order valence-electron chi connectivity index (χ2n) is 8.91. The van der Waals surface area contributed by atoms with Crippen molar-refractivity contribution in [2.24, 2.45) is 5.92 Å². The summed E-state index contributed by atoms with van der Waals surface area (Å²) in [7, 11) is 1.60. The number of ether oxygens (including phenoxy) is 1. The molecule has 0 radical (unpaired) electrons. The number of nitrogens with one attached hydrogen (secondary N) is 2. The van der Waals surface area contributed by atoms with Crippen LogP contribution in [0.3, 0.4) is 0 Å². The van der Waals surface area contributed by atoms with E-state index in [1.807, 2.05) is 31.2 Å². The molecule has 1 aliphatic heterocycles. The first-order valence-corrected chi connectivity index (χ1v) is 11.3. The van der Waals surface area contributed by atoms with E-state index in [-0.39, 0.29) is 35.7 Å². The van der Waals surface area contributed by atoms with Crippen molar-refractivity contribution in [1.29, 1.82) is 0 Å². The molecule has 2 N–H and O–H groups in total. The lowest BCUT2D eigenvalue weighted by atomic mass is 9.95. The highest BCUT2D eigenvalue weighted by Crippen LogP contribution is 2.26. The van der Waals surface area contributed by atoms with Gasteiger partial charge in [0.05, 0.1) is 13.2 Å². The van der Waals surface area contributed by atoms with Crippen molar-refractivity contribution in [1.82, 2.24) is 25.3 Å². The zero-order valence-electron chi connectivity index (χ0n) is 20.0.